The van der Waals surface area contributed by atoms with Crippen molar-refractivity contribution < 1.29 is 9.90 Å². The maximum absolute atomic E-state index is 10.2. The third-order valence-electron chi connectivity index (χ3n) is 1.02. The summed E-state index contributed by atoms with van der Waals surface area (Å²) in [6.07, 6.45) is 0. The number of aromatic carboxylic acids is 1. The van der Waals surface area contributed by atoms with Crippen LogP contribution >= 0.6 is 0 Å². The van der Waals surface area contributed by atoms with Crippen molar-refractivity contribution in [1.82, 2.24) is 0 Å². The predicted octanol–water partition coefficient (Wildman–Crippen LogP) is 1.38. The van der Waals surface area contributed by atoms with Gasteiger partial charge in [0.1, 0.15) is 0 Å². The summed E-state index contributed by atoms with van der Waals surface area (Å²) in [5.41, 5.74) is 0.331. The molecule has 1 N–H and O–H groups in total. The summed E-state index contributed by atoms with van der Waals surface area (Å²) in [5, 5.41) is 8.38. The van der Waals surface area contributed by atoms with Crippen molar-refractivity contribution >= 4 is 5.97 Å². The second kappa shape index (κ2) is 2.31. The number of rotatable bonds is 1. The molecule has 0 radical (unpaired) electrons. The first-order valence-corrected chi connectivity index (χ1v) is 2.59. The maximum atomic E-state index is 10.2. The number of hydrogen-bond donors (Lipinski definition) is 1. The first kappa shape index (κ1) is 5.82. The van der Waals surface area contributed by atoms with E-state index in [2.05, 4.69) is 0 Å². The van der Waals surface area contributed by atoms with Gasteiger partial charge in [0, 0.05) is 0 Å². The topological polar surface area (TPSA) is 37.3 Å². The van der Waals surface area contributed by atoms with Gasteiger partial charge in [-0.25, -0.2) is 4.79 Å². The molecule has 0 spiro atoms. The summed E-state index contributed by atoms with van der Waals surface area (Å²) in [6, 6.07) is 8.30. The molecule has 0 heterocycles. The standard InChI is InChI=1S/C7H6O2/c8-7(9)6-4-2-1-3-5-6/h1-5H,(H,8,9)/i1+1,2+1,3+1,4+1,5+1,6+1. The largest absolute Gasteiger partial charge is 0.478 e. The van der Waals surface area contributed by atoms with E-state index < -0.39 is 5.97 Å². The van der Waals surface area contributed by atoms with Crippen LogP contribution in [0.25, 0.3) is 0 Å². The molecule has 0 aliphatic carbocycles. The second-order valence-electron chi connectivity index (χ2n) is 1.67. The Morgan fingerprint density at radius 2 is 1.78 bits per heavy atom. The monoisotopic (exact) mass is 128 g/mol. The summed E-state index contributed by atoms with van der Waals surface area (Å²) in [4.78, 5) is 10.2. The van der Waals surface area contributed by atoms with Gasteiger partial charge in [0.25, 0.3) is 0 Å². The third kappa shape index (κ3) is 1.29. The molecular weight excluding hydrogens is 122 g/mol. The molecule has 0 bridgehead atoms. The molecule has 0 saturated heterocycles. The summed E-state index contributed by atoms with van der Waals surface area (Å²) < 4.78 is 0. The molecule has 46 valence electrons. The predicted molar refractivity (Wildman–Crippen MR) is 33.4 cm³/mol. The van der Waals surface area contributed by atoms with Crippen molar-refractivity contribution in [3.05, 3.63) is 35.9 Å². The summed E-state index contributed by atoms with van der Waals surface area (Å²) in [5.74, 6) is -0.879. The fourth-order valence-corrected chi connectivity index (χ4v) is 0.581. The summed E-state index contributed by atoms with van der Waals surface area (Å²) >= 11 is 0. The molecule has 0 fully saturated rings. The minimum absolute atomic E-state index is 0.331. The molecule has 0 aliphatic rings. The highest BCUT2D eigenvalue weighted by molar-refractivity contribution is 5.87. The molecule has 0 aliphatic heterocycles. The Hall–Kier alpha value is -1.31. The number of carboxylic acid groups (broad SMARTS) is 1. The highest BCUT2D eigenvalue weighted by Crippen LogP contribution is 1.96. The normalized spacial score (nSPS) is 8.89. The van der Waals surface area contributed by atoms with Gasteiger partial charge in [-0.2, -0.15) is 0 Å². The van der Waals surface area contributed by atoms with Crippen molar-refractivity contribution in [3.8, 4) is 0 Å². The number of carbonyl (C=O) groups is 1. The minimum Gasteiger partial charge on any atom is -0.478 e. The average molecular weight is 128 g/mol. The number of hydrogen-bond acceptors (Lipinski definition) is 1. The van der Waals surface area contributed by atoms with E-state index in [-0.39, 0.29) is 0 Å². The highest BCUT2D eigenvalue weighted by atomic mass is 16.4. The van der Waals surface area contributed by atoms with Crippen LogP contribution in [-0.2, 0) is 0 Å². The molecule has 0 unspecified atom stereocenters. The molecule has 1 aromatic carbocycles. The van der Waals surface area contributed by atoms with E-state index in [0.29, 0.717) is 5.56 Å². The lowest BCUT2D eigenvalue weighted by molar-refractivity contribution is 0.0697. The minimum atomic E-state index is -0.879. The van der Waals surface area contributed by atoms with Crippen LogP contribution in [-0.4, -0.2) is 11.1 Å². The molecule has 0 aromatic heterocycles. The van der Waals surface area contributed by atoms with E-state index in [0.717, 1.165) is 0 Å². The maximum Gasteiger partial charge on any atom is 0.335 e. The Bertz CT molecular complexity index is 203. The molecule has 0 amide bonds. The van der Waals surface area contributed by atoms with Gasteiger partial charge in [-0.05, 0) is 12.1 Å². The molecule has 2 heteroatoms. The van der Waals surface area contributed by atoms with Gasteiger partial charge in [-0.15, -0.1) is 0 Å². The van der Waals surface area contributed by atoms with E-state index in [1.165, 1.54) is 0 Å². The van der Waals surface area contributed by atoms with Gasteiger partial charge >= 0.3 is 5.97 Å². The van der Waals surface area contributed by atoms with Gasteiger partial charge in [0.2, 0.25) is 0 Å². The number of carboxylic acids is 1. The second-order valence-corrected chi connectivity index (χ2v) is 1.67. The Morgan fingerprint density at radius 3 is 2.11 bits per heavy atom. The Labute approximate surface area is 52.8 Å². The zero-order chi connectivity index (χ0) is 6.69. The van der Waals surface area contributed by atoms with Crippen LogP contribution in [0, 0.1) is 0 Å². The van der Waals surface area contributed by atoms with Gasteiger partial charge in [-0.1, -0.05) is 18.2 Å². The molecule has 0 saturated carbocycles. The van der Waals surface area contributed by atoms with Crippen LogP contribution in [0.2, 0.25) is 0 Å². The van der Waals surface area contributed by atoms with Crippen LogP contribution in [0.4, 0.5) is 0 Å². The molecule has 1 rings (SSSR count). The fraction of sp³-hybridized carbons (Fsp3) is 0. The first-order valence-electron chi connectivity index (χ1n) is 2.59. The van der Waals surface area contributed by atoms with Crippen LogP contribution in [0.15, 0.2) is 30.3 Å². The van der Waals surface area contributed by atoms with Crippen molar-refractivity contribution in [2.45, 2.75) is 0 Å². The van der Waals surface area contributed by atoms with Gasteiger partial charge in [0.05, 0.1) is 5.56 Å². The Morgan fingerprint density at radius 1 is 1.22 bits per heavy atom. The average Bonchev–Trinajstić information content (AvgIpc) is 1.90. The van der Waals surface area contributed by atoms with Crippen LogP contribution in [0.5, 0.6) is 0 Å². The van der Waals surface area contributed by atoms with Crippen LogP contribution in [0.3, 0.4) is 0 Å². The zero-order valence-electron chi connectivity index (χ0n) is 4.74. The molecule has 0 atom stereocenters. The lowest BCUT2D eigenvalue weighted by Crippen LogP contribution is -1.93. The fourth-order valence-electron chi connectivity index (χ4n) is 0.581. The lowest BCUT2D eigenvalue weighted by Gasteiger charge is -1.88. The van der Waals surface area contributed by atoms with Crippen LogP contribution in [0.1, 0.15) is 10.4 Å². The smallest absolute Gasteiger partial charge is 0.335 e. The van der Waals surface area contributed by atoms with Gasteiger partial charge in [-0.3, -0.25) is 0 Å². The number of benzene rings is 1. The molecule has 1 aromatic rings. The Balaban J connectivity index is 2.98. The third-order valence-corrected chi connectivity index (χ3v) is 1.02. The SMILES string of the molecule is O=C(O)[13c]1[13cH][13cH][13cH][13cH][13cH]1. The van der Waals surface area contributed by atoms with E-state index in [4.69, 9.17) is 5.11 Å². The highest BCUT2D eigenvalue weighted by Gasteiger charge is 1.96. The van der Waals surface area contributed by atoms with E-state index >= 15 is 0 Å². The van der Waals surface area contributed by atoms with E-state index in [1.54, 1.807) is 30.3 Å². The summed E-state index contributed by atoms with van der Waals surface area (Å²) in [7, 11) is 0. The van der Waals surface area contributed by atoms with E-state index in [1.807, 2.05) is 0 Å². The van der Waals surface area contributed by atoms with Crippen molar-refractivity contribution in [2.24, 2.45) is 0 Å². The Kier molecular flexibility index (Phi) is 1.49. The van der Waals surface area contributed by atoms with Crippen molar-refractivity contribution in [3.63, 3.8) is 0 Å². The summed E-state index contributed by atoms with van der Waals surface area (Å²) in [6.45, 7) is 0. The van der Waals surface area contributed by atoms with Gasteiger partial charge in [0.15, 0.2) is 0 Å². The molecular formula is C7H6O2. The quantitative estimate of drug-likeness (QED) is 0.620. The lowest BCUT2D eigenvalue weighted by atomic mass is 10.9. The van der Waals surface area contributed by atoms with Crippen molar-refractivity contribution in [2.75, 3.05) is 0 Å². The first-order chi connectivity index (χ1) is 4.30. The molecule has 9 heavy (non-hydrogen) atoms. The van der Waals surface area contributed by atoms with Crippen LogP contribution < -0.4 is 0 Å². The molecule has 2 nitrogen and oxygen atoms in total. The van der Waals surface area contributed by atoms with E-state index in [9.17, 15) is 4.79 Å². The zero-order valence-corrected chi connectivity index (χ0v) is 4.74. The van der Waals surface area contributed by atoms with Gasteiger partial charge < -0.3 is 5.11 Å². The van der Waals surface area contributed by atoms with Crippen molar-refractivity contribution in [1.29, 1.82) is 0 Å².